The van der Waals surface area contributed by atoms with Crippen LogP contribution in [0.5, 0.6) is 5.75 Å². The molecule has 25 heavy (non-hydrogen) atoms. The van der Waals surface area contributed by atoms with Crippen molar-refractivity contribution in [2.24, 2.45) is 0 Å². The van der Waals surface area contributed by atoms with Crippen molar-refractivity contribution in [2.45, 2.75) is 26.1 Å². The molecular weight excluding hydrogens is 330 g/mol. The number of hydrogen-bond acceptors (Lipinski definition) is 4. The molecule has 0 bridgehead atoms. The van der Waals surface area contributed by atoms with Gasteiger partial charge >= 0.3 is 0 Å². The van der Waals surface area contributed by atoms with Crippen LogP contribution in [0.1, 0.15) is 25.3 Å². The number of hydrogen-bond donors (Lipinski definition) is 0. The number of benzene rings is 2. The second kappa shape index (κ2) is 7.44. The van der Waals surface area contributed by atoms with Crippen molar-refractivity contribution in [1.29, 1.82) is 0 Å². The second-order valence-electron chi connectivity index (χ2n) is 6.55. The molecule has 0 fully saturated rings. The van der Waals surface area contributed by atoms with Crippen LogP contribution in [0.15, 0.2) is 41.2 Å². The van der Waals surface area contributed by atoms with E-state index in [0.717, 1.165) is 27.5 Å². The Balaban J connectivity index is 2.15. The van der Waals surface area contributed by atoms with Crippen molar-refractivity contribution in [3.8, 4) is 5.75 Å². The first-order chi connectivity index (χ1) is 12.0. The molecule has 3 aromatic rings. The molecule has 3 rings (SSSR count). The molecule has 0 aliphatic heterocycles. The van der Waals surface area contributed by atoms with Gasteiger partial charge in [0, 0.05) is 20.2 Å². The lowest BCUT2D eigenvalue weighted by Crippen LogP contribution is -2.13. The Bertz CT molecular complexity index is 995. The Kier molecular flexibility index (Phi) is 5.28. The average Bonchev–Trinajstić information content (AvgIpc) is 2.60. The van der Waals surface area contributed by atoms with Gasteiger partial charge < -0.3 is 4.74 Å². The first-order valence-corrected chi connectivity index (χ1v) is 9.47. The van der Waals surface area contributed by atoms with Crippen molar-refractivity contribution >= 4 is 52.2 Å². The quantitative estimate of drug-likeness (QED) is 0.507. The van der Waals surface area contributed by atoms with Gasteiger partial charge in [-0.25, -0.2) is 0 Å². The van der Waals surface area contributed by atoms with Crippen molar-refractivity contribution in [3.05, 3.63) is 52.2 Å². The zero-order chi connectivity index (χ0) is 18.0. The minimum atomic E-state index is 0.0246. The summed E-state index contributed by atoms with van der Waals surface area (Å²) in [6.45, 7) is 4.27. The Hall–Kier alpha value is -2.07. The first-order valence-electron chi connectivity index (χ1n) is 8.65. The van der Waals surface area contributed by atoms with Gasteiger partial charge in [0.05, 0.1) is 14.9 Å². The summed E-state index contributed by atoms with van der Waals surface area (Å²) in [5, 5.41) is 1.40. The molecule has 2 aromatic carbocycles. The minimum absolute atomic E-state index is 0.0246. The van der Waals surface area contributed by atoms with Gasteiger partial charge in [0.2, 0.25) is 0 Å². The highest BCUT2D eigenvalue weighted by Crippen LogP contribution is 2.34. The van der Waals surface area contributed by atoms with E-state index in [-0.39, 0.29) is 23.7 Å². The Morgan fingerprint density at radius 2 is 2.00 bits per heavy atom. The van der Waals surface area contributed by atoms with Crippen molar-refractivity contribution < 1.29 is 9.53 Å². The third-order valence-electron chi connectivity index (χ3n) is 4.23. The molecule has 1 heterocycles. The van der Waals surface area contributed by atoms with Gasteiger partial charge in [-0.2, -0.15) is 0 Å². The number of ketones is 1. The summed E-state index contributed by atoms with van der Waals surface area (Å²) in [7, 11) is 2.79. The minimum Gasteiger partial charge on any atom is -0.486 e. The van der Waals surface area contributed by atoms with Gasteiger partial charge in [-0.3, -0.25) is 9.59 Å². The van der Waals surface area contributed by atoms with E-state index in [4.69, 9.17) is 4.74 Å². The Morgan fingerprint density at radius 3 is 2.72 bits per heavy atom. The standard InChI is InChI=1S/C19H20B2O3S/c1-11(2)15-7-13(24-10-12(22)9-21-20)8-16-18(23)14-5-3-4-6-17(14)25-19(15)16/h3-8,11,21H,9-10,20H2,1-2H3. The molecule has 0 radical (unpaired) electrons. The molecule has 0 saturated heterocycles. The van der Waals surface area contributed by atoms with Gasteiger partial charge in [-0.05, 0) is 42.1 Å². The van der Waals surface area contributed by atoms with E-state index in [1.807, 2.05) is 38.1 Å². The van der Waals surface area contributed by atoms with E-state index in [1.54, 1.807) is 17.4 Å². The fourth-order valence-electron chi connectivity index (χ4n) is 2.93. The lowest BCUT2D eigenvalue weighted by Gasteiger charge is -2.14. The number of carbonyl (C=O) groups is 1. The normalized spacial score (nSPS) is 11.2. The summed E-state index contributed by atoms with van der Waals surface area (Å²) in [4.78, 5) is 24.7. The van der Waals surface area contributed by atoms with E-state index < -0.39 is 0 Å². The zero-order valence-corrected chi connectivity index (χ0v) is 15.6. The van der Waals surface area contributed by atoms with E-state index in [0.29, 0.717) is 17.5 Å². The van der Waals surface area contributed by atoms with Crippen LogP contribution in [0.3, 0.4) is 0 Å². The van der Waals surface area contributed by atoms with E-state index in [9.17, 15) is 9.59 Å². The molecule has 6 heteroatoms. The summed E-state index contributed by atoms with van der Waals surface area (Å²) >= 11 is 1.64. The summed E-state index contributed by atoms with van der Waals surface area (Å²) in [5.41, 5.74) is 1.11. The Labute approximate surface area is 152 Å². The number of fused-ring (bicyclic) bond motifs is 2. The fraction of sp³-hybridized carbons (Fsp3) is 0.263. The van der Waals surface area contributed by atoms with Crippen LogP contribution in [-0.4, -0.2) is 27.3 Å². The SMILES string of the molecule is BBCC(=O)COc1cc(C(C)C)c2sc3ccccc3c(=O)c2c1. The Morgan fingerprint density at radius 1 is 1.24 bits per heavy atom. The third kappa shape index (κ3) is 3.64. The summed E-state index contributed by atoms with van der Waals surface area (Å²) in [6.07, 6.45) is 0.518. The molecule has 126 valence electrons. The van der Waals surface area contributed by atoms with E-state index >= 15 is 0 Å². The second-order valence-corrected chi connectivity index (χ2v) is 7.60. The van der Waals surface area contributed by atoms with Crippen LogP contribution >= 0.6 is 11.3 Å². The first kappa shape index (κ1) is 17.7. The number of rotatable bonds is 6. The molecule has 0 atom stereocenters. The number of carbonyl (C=O) groups excluding carboxylic acids is 1. The van der Waals surface area contributed by atoms with Crippen LogP contribution in [0.25, 0.3) is 20.2 Å². The molecule has 0 amide bonds. The number of Topliss-reactive ketones (excluding diaryl/α,β-unsaturated/α-hetero) is 1. The smallest absolute Gasteiger partial charge is 0.196 e. The highest BCUT2D eigenvalue weighted by Gasteiger charge is 2.14. The van der Waals surface area contributed by atoms with E-state index in [1.165, 1.54) is 0 Å². The van der Waals surface area contributed by atoms with E-state index in [2.05, 4.69) is 13.8 Å². The van der Waals surface area contributed by atoms with Gasteiger partial charge in [0.15, 0.2) is 11.2 Å². The molecule has 1 aromatic heterocycles. The van der Waals surface area contributed by atoms with Gasteiger partial charge in [0.25, 0.3) is 0 Å². The maximum absolute atomic E-state index is 12.9. The van der Waals surface area contributed by atoms with Gasteiger partial charge in [-0.15, -0.1) is 11.3 Å². The molecule has 0 N–H and O–H groups in total. The molecule has 0 aliphatic rings. The molecule has 3 nitrogen and oxygen atoms in total. The number of ether oxygens (including phenoxy) is 1. The topological polar surface area (TPSA) is 43.4 Å². The molecule has 0 saturated carbocycles. The van der Waals surface area contributed by atoms with Crippen LogP contribution < -0.4 is 10.2 Å². The molecule has 0 unspecified atom stereocenters. The van der Waals surface area contributed by atoms with Crippen molar-refractivity contribution in [3.63, 3.8) is 0 Å². The van der Waals surface area contributed by atoms with Crippen LogP contribution in [0, 0.1) is 0 Å². The van der Waals surface area contributed by atoms with Crippen molar-refractivity contribution in [1.82, 2.24) is 0 Å². The van der Waals surface area contributed by atoms with Crippen LogP contribution in [0.2, 0.25) is 6.32 Å². The highest BCUT2D eigenvalue weighted by molar-refractivity contribution is 7.24. The predicted octanol–water partition coefficient (Wildman–Crippen LogP) is 2.89. The summed E-state index contributed by atoms with van der Waals surface area (Å²) in [6, 6.07) is 11.4. The van der Waals surface area contributed by atoms with Crippen LogP contribution in [0.4, 0.5) is 0 Å². The fourth-order valence-corrected chi connectivity index (χ4v) is 4.24. The van der Waals surface area contributed by atoms with Gasteiger partial charge in [0.1, 0.15) is 12.4 Å². The maximum atomic E-state index is 12.9. The molecular formula is C19H20B2O3S. The summed E-state index contributed by atoms with van der Waals surface area (Å²) < 4.78 is 7.70. The molecule has 0 aliphatic carbocycles. The predicted molar refractivity (Wildman–Crippen MR) is 111 cm³/mol. The monoisotopic (exact) mass is 350 g/mol. The lowest BCUT2D eigenvalue weighted by molar-refractivity contribution is -0.118. The third-order valence-corrected chi connectivity index (χ3v) is 5.47. The zero-order valence-electron chi connectivity index (χ0n) is 14.8. The average molecular weight is 350 g/mol. The summed E-state index contributed by atoms with van der Waals surface area (Å²) in [5.74, 6) is 0.937. The van der Waals surface area contributed by atoms with Gasteiger partial charge in [-0.1, -0.05) is 26.0 Å². The largest absolute Gasteiger partial charge is 0.486 e. The lowest BCUT2D eigenvalue weighted by atomic mass is 9.53. The maximum Gasteiger partial charge on any atom is 0.196 e. The molecule has 0 spiro atoms. The van der Waals surface area contributed by atoms with Crippen molar-refractivity contribution in [2.75, 3.05) is 6.61 Å². The van der Waals surface area contributed by atoms with Crippen LogP contribution in [-0.2, 0) is 4.79 Å². The highest BCUT2D eigenvalue weighted by atomic mass is 32.1.